The van der Waals surface area contributed by atoms with Crippen LogP contribution in [0.25, 0.3) is 10.9 Å². The van der Waals surface area contributed by atoms with Crippen LogP contribution in [0, 0.1) is 5.92 Å². The highest BCUT2D eigenvalue weighted by Crippen LogP contribution is 2.29. The fourth-order valence-corrected chi connectivity index (χ4v) is 3.58. The molecule has 23 heavy (non-hydrogen) atoms. The number of nitrogens with one attached hydrogen (secondary N) is 1. The van der Waals surface area contributed by atoms with Crippen LogP contribution in [0.4, 0.5) is 0 Å². The third-order valence-electron chi connectivity index (χ3n) is 4.74. The lowest BCUT2D eigenvalue weighted by Crippen LogP contribution is -2.22. The topological polar surface area (TPSA) is 50.7 Å². The molecule has 0 amide bonds. The van der Waals surface area contributed by atoms with Gasteiger partial charge in [-0.1, -0.05) is 24.3 Å². The number of imidazole rings is 1. The molecule has 0 spiro atoms. The minimum atomic E-state index is 0.0333. The van der Waals surface area contributed by atoms with Crippen molar-refractivity contribution in [2.24, 2.45) is 5.92 Å². The van der Waals surface area contributed by atoms with Gasteiger partial charge in [-0.3, -0.25) is 4.79 Å². The SMILES string of the molecule is C=CCn1cc(C(=O)C2CCc3nc[nH]c3C2)c2ccccc21. The first-order valence-corrected chi connectivity index (χ1v) is 8.02. The van der Waals surface area contributed by atoms with Crippen LogP contribution in [0.3, 0.4) is 0 Å². The average molecular weight is 305 g/mol. The number of fused-ring (bicyclic) bond motifs is 2. The second-order valence-corrected chi connectivity index (χ2v) is 6.13. The molecule has 1 aromatic carbocycles. The number of aromatic nitrogens is 3. The van der Waals surface area contributed by atoms with Crippen LogP contribution in [-0.4, -0.2) is 20.3 Å². The van der Waals surface area contributed by atoms with E-state index in [1.807, 2.05) is 30.5 Å². The quantitative estimate of drug-likeness (QED) is 0.592. The molecule has 1 atom stereocenters. The number of Topliss-reactive ketones (excluding diaryl/α,β-unsaturated/α-hetero) is 1. The molecule has 0 saturated carbocycles. The van der Waals surface area contributed by atoms with Crippen LogP contribution >= 0.6 is 0 Å². The predicted octanol–water partition coefficient (Wildman–Crippen LogP) is 3.54. The molecule has 4 nitrogen and oxygen atoms in total. The number of para-hydroxylation sites is 1. The van der Waals surface area contributed by atoms with Crippen molar-refractivity contribution in [1.82, 2.24) is 14.5 Å². The number of hydrogen-bond donors (Lipinski definition) is 1. The smallest absolute Gasteiger partial charge is 0.168 e. The van der Waals surface area contributed by atoms with E-state index >= 15 is 0 Å². The van der Waals surface area contributed by atoms with Crippen molar-refractivity contribution in [2.45, 2.75) is 25.8 Å². The zero-order valence-corrected chi connectivity index (χ0v) is 13.0. The molecule has 2 heterocycles. The van der Waals surface area contributed by atoms with E-state index in [0.717, 1.165) is 47.1 Å². The number of aromatic amines is 1. The summed E-state index contributed by atoms with van der Waals surface area (Å²) in [6.07, 6.45) is 8.08. The minimum absolute atomic E-state index is 0.0333. The van der Waals surface area contributed by atoms with Crippen molar-refractivity contribution >= 4 is 16.7 Å². The first kappa shape index (κ1) is 14.0. The van der Waals surface area contributed by atoms with Crippen molar-refractivity contribution < 1.29 is 4.79 Å². The van der Waals surface area contributed by atoms with Gasteiger partial charge in [-0.2, -0.15) is 0 Å². The Bertz CT molecular complexity index is 887. The van der Waals surface area contributed by atoms with Crippen LogP contribution in [-0.2, 0) is 19.4 Å². The van der Waals surface area contributed by atoms with Crippen LogP contribution in [0.15, 0.2) is 49.4 Å². The fourth-order valence-electron chi connectivity index (χ4n) is 3.58. The summed E-state index contributed by atoms with van der Waals surface area (Å²) in [7, 11) is 0. The number of ketones is 1. The molecule has 1 aliphatic rings. The summed E-state index contributed by atoms with van der Waals surface area (Å²) >= 11 is 0. The predicted molar refractivity (Wildman–Crippen MR) is 90.6 cm³/mol. The van der Waals surface area contributed by atoms with E-state index in [0.29, 0.717) is 6.54 Å². The third-order valence-corrected chi connectivity index (χ3v) is 4.74. The molecule has 2 aromatic heterocycles. The molecule has 0 saturated heterocycles. The Morgan fingerprint density at radius 1 is 1.43 bits per heavy atom. The van der Waals surface area contributed by atoms with Gasteiger partial charge in [0, 0.05) is 40.8 Å². The number of aryl methyl sites for hydroxylation is 1. The van der Waals surface area contributed by atoms with Gasteiger partial charge in [0.2, 0.25) is 0 Å². The Balaban J connectivity index is 1.72. The fraction of sp³-hybridized carbons (Fsp3) is 0.263. The standard InChI is InChI=1S/C19H19N3O/c1-2-9-22-11-15(14-5-3-4-6-18(14)22)19(23)13-7-8-16-17(10-13)21-12-20-16/h2-6,11-13H,1,7-10H2,(H,20,21). The van der Waals surface area contributed by atoms with Gasteiger partial charge < -0.3 is 9.55 Å². The van der Waals surface area contributed by atoms with E-state index in [9.17, 15) is 4.79 Å². The van der Waals surface area contributed by atoms with Crippen molar-refractivity contribution in [3.8, 4) is 0 Å². The van der Waals surface area contributed by atoms with Crippen LogP contribution in [0.5, 0.6) is 0 Å². The lowest BCUT2D eigenvalue weighted by Gasteiger charge is -2.19. The maximum atomic E-state index is 13.1. The van der Waals surface area contributed by atoms with E-state index in [1.165, 1.54) is 0 Å². The number of hydrogen-bond acceptors (Lipinski definition) is 2. The van der Waals surface area contributed by atoms with E-state index in [4.69, 9.17) is 0 Å². The highest BCUT2D eigenvalue weighted by molar-refractivity contribution is 6.09. The van der Waals surface area contributed by atoms with E-state index < -0.39 is 0 Å². The van der Waals surface area contributed by atoms with E-state index in [-0.39, 0.29) is 11.7 Å². The normalized spacial score (nSPS) is 17.1. The number of H-pyrrole nitrogens is 1. The van der Waals surface area contributed by atoms with Gasteiger partial charge in [0.25, 0.3) is 0 Å². The van der Waals surface area contributed by atoms with Crippen molar-refractivity contribution in [3.05, 3.63) is 66.4 Å². The Labute approximate surface area is 134 Å². The molecule has 4 rings (SSSR count). The van der Waals surface area contributed by atoms with Crippen molar-refractivity contribution in [3.63, 3.8) is 0 Å². The monoisotopic (exact) mass is 305 g/mol. The van der Waals surface area contributed by atoms with Gasteiger partial charge in [-0.05, 0) is 25.3 Å². The second-order valence-electron chi connectivity index (χ2n) is 6.13. The second kappa shape index (κ2) is 5.54. The van der Waals surface area contributed by atoms with Gasteiger partial charge >= 0.3 is 0 Å². The summed E-state index contributed by atoms with van der Waals surface area (Å²) in [5.74, 6) is 0.273. The van der Waals surface area contributed by atoms with Crippen molar-refractivity contribution in [2.75, 3.05) is 0 Å². The molecule has 0 bridgehead atoms. The number of carbonyl (C=O) groups is 1. The Hall–Kier alpha value is -2.62. The number of benzene rings is 1. The molecule has 0 aliphatic heterocycles. The number of carbonyl (C=O) groups excluding carboxylic acids is 1. The van der Waals surface area contributed by atoms with Gasteiger partial charge in [-0.25, -0.2) is 4.98 Å². The highest BCUT2D eigenvalue weighted by Gasteiger charge is 2.28. The molecule has 4 heteroatoms. The van der Waals surface area contributed by atoms with Gasteiger partial charge in [0.05, 0.1) is 12.0 Å². The molecular weight excluding hydrogens is 286 g/mol. The Morgan fingerprint density at radius 2 is 2.30 bits per heavy atom. The summed E-state index contributed by atoms with van der Waals surface area (Å²) in [6.45, 7) is 4.52. The molecular formula is C19H19N3O. The molecule has 0 radical (unpaired) electrons. The van der Waals surface area contributed by atoms with Crippen LogP contribution in [0.1, 0.15) is 28.2 Å². The molecule has 1 unspecified atom stereocenters. The zero-order valence-electron chi connectivity index (χ0n) is 13.0. The first-order chi connectivity index (χ1) is 11.3. The third kappa shape index (κ3) is 2.31. The molecule has 116 valence electrons. The maximum Gasteiger partial charge on any atom is 0.168 e. The van der Waals surface area contributed by atoms with Crippen LogP contribution < -0.4 is 0 Å². The van der Waals surface area contributed by atoms with Gasteiger partial charge in [0.15, 0.2) is 5.78 Å². The molecule has 1 N–H and O–H groups in total. The summed E-state index contributed by atoms with van der Waals surface area (Å²) in [4.78, 5) is 20.6. The zero-order chi connectivity index (χ0) is 15.8. The minimum Gasteiger partial charge on any atom is -0.348 e. The Kier molecular flexibility index (Phi) is 3.37. The first-order valence-electron chi connectivity index (χ1n) is 8.02. The molecule has 1 aliphatic carbocycles. The highest BCUT2D eigenvalue weighted by atomic mass is 16.1. The number of nitrogens with zero attached hydrogens (tertiary/aromatic N) is 2. The molecule has 0 fully saturated rings. The van der Waals surface area contributed by atoms with Gasteiger partial charge in [0.1, 0.15) is 0 Å². The largest absolute Gasteiger partial charge is 0.348 e. The summed E-state index contributed by atoms with van der Waals surface area (Å²) in [6, 6.07) is 8.09. The maximum absolute atomic E-state index is 13.1. The average Bonchev–Trinajstić information content (AvgIpc) is 3.19. The number of rotatable bonds is 4. The molecule has 3 aromatic rings. The lowest BCUT2D eigenvalue weighted by atomic mass is 9.84. The summed E-state index contributed by atoms with van der Waals surface area (Å²) in [5, 5.41) is 1.04. The lowest BCUT2D eigenvalue weighted by molar-refractivity contribution is 0.0909. The number of allylic oxidation sites excluding steroid dienone is 1. The van der Waals surface area contributed by atoms with Gasteiger partial charge in [-0.15, -0.1) is 6.58 Å². The Morgan fingerprint density at radius 3 is 3.17 bits per heavy atom. The summed E-state index contributed by atoms with van der Waals surface area (Å²) < 4.78 is 2.10. The van der Waals surface area contributed by atoms with Crippen LogP contribution in [0.2, 0.25) is 0 Å². The van der Waals surface area contributed by atoms with E-state index in [1.54, 1.807) is 6.33 Å². The van der Waals surface area contributed by atoms with E-state index in [2.05, 4.69) is 27.2 Å². The van der Waals surface area contributed by atoms with Crippen molar-refractivity contribution in [1.29, 1.82) is 0 Å². The summed E-state index contributed by atoms with van der Waals surface area (Å²) in [5.41, 5.74) is 4.15.